The summed E-state index contributed by atoms with van der Waals surface area (Å²) >= 11 is 3.62. The average molecular weight is 732 g/mol. The summed E-state index contributed by atoms with van der Waals surface area (Å²) in [6, 6.07) is 9.63. The first kappa shape index (κ1) is 38.0. The first-order chi connectivity index (χ1) is 22.2. The van der Waals surface area contributed by atoms with Gasteiger partial charge in [-0.05, 0) is 153 Å². The zero-order chi connectivity index (χ0) is 35.5. The fraction of sp³-hybridized carbons (Fsp3) is 0.676. The van der Waals surface area contributed by atoms with E-state index >= 15 is 0 Å². The molecule has 0 bridgehead atoms. The van der Waals surface area contributed by atoms with Gasteiger partial charge in [0.2, 0.25) is 0 Å². The molecular weight excluding hydrogens is 676 g/mol. The van der Waals surface area contributed by atoms with E-state index < -0.39 is 29.0 Å². The largest absolute Gasteiger partial charge is 0.443 e. The summed E-state index contributed by atoms with van der Waals surface area (Å²) in [6.07, 6.45) is 2.98. The number of aromatic nitrogens is 2. The number of halogens is 1. The molecule has 4 heterocycles. The molecule has 2 aliphatic heterocycles. The van der Waals surface area contributed by atoms with Gasteiger partial charge in [0.15, 0.2) is 0 Å². The molecule has 0 aliphatic carbocycles. The summed E-state index contributed by atoms with van der Waals surface area (Å²) in [6.45, 7) is 21.6. The van der Waals surface area contributed by atoms with Crippen molar-refractivity contribution >= 4 is 39.8 Å². The third-order valence-corrected chi connectivity index (χ3v) is 8.86. The van der Waals surface area contributed by atoms with E-state index in [1.165, 1.54) is 0 Å². The van der Waals surface area contributed by atoms with Gasteiger partial charge in [-0.1, -0.05) is 6.07 Å². The summed E-state index contributed by atoms with van der Waals surface area (Å²) in [4.78, 5) is 39.8. The van der Waals surface area contributed by atoms with Crippen LogP contribution in [0.15, 0.2) is 34.9 Å². The van der Waals surface area contributed by atoms with E-state index in [1.807, 2.05) is 78.8 Å². The Balaban J connectivity index is 1.56. The standard InChI is InChI=1S/C37H55BrN4O6/c1-25-12-11-13-30(39-25)41(32(43)47-34(2,3)4)24-27-15-17-46-37(10,21-27)22-28-18-29(38)40-31(19-28)42(33(44)48-35(5,6)7)23-26-14-16-45-36(8,9)20-26/h11-13,18-19,26-27H,14-17,20-24H2,1-10H3. The van der Waals surface area contributed by atoms with Gasteiger partial charge < -0.3 is 18.9 Å². The number of hydrogen-bond acceptors (Lipinski definition) is 8. The highest BCUT2D eigenvalue weighted by Gasteiger charge is 2.38. The molecule has 0 aromatic carbocycles. The smallest absolute Gasteiger partial charge is 0.416 e. The number of aryl methyl sites for hydroxylation is 1. The fourth-order valence-electron chi connectivity index (χ4n) is 6.60. The molecule has 2 amide bonds. The predicted molar refractivity (Wildman–Crippen MR) is 192 cm³/mol. The van der Waals surface area contributed by atoms with E-state index in [0.717, 1.165) is 36.9 Å². The SMILES string of the molecule is Cc1cccc(N(CC2CCOC(C)(Cc3cc(Br)nc(N(CC4CCOC(C)(C)C4)C(=O)OC(C)(C)C)c3)C2)C(=O)OC(C)(C)C)n1. The number of carbonyl (C=O) groups is 2. The molecule has 0 spiro atoms. The molecule has 2 aliphatic rings. The molecule has 266 valence electrons. The summed E-state index contributed by atoms with van der Waals surface area (Å²) in [5.74, 6) is 1.51. The Labute approximate surface area is 295 Å². The number of hydrogen-bond donors (Lipinski definition) is 0. The molecule has 3 unspecified atom stereocenters. The third kappa shape index (κ3) is 11.4. The van der Waals surface area contributed by atoms with Crippen molar-refractivity contribution in [2.45, 2.75) is 124 Å². The Morgan fingerprint density at radius 2 is 1.42 bits per heavy atom. The van der Waals surface area contributed by atoms with Gasteiger partial charge in [-0.3, -0.25) is 9.80 Å². The fourth-order valence-corrected chi connectivity index (χ4v) is 7.07. The van der Waals surface area contributed by atoms with Crippen LogP contribution >= 0.6 is 15.9 Å². The van der Waals surface area contributed by atoms with Gasteiger partial charge >= 0.3 is 12.2 Å². The van der Waals surface area contributed by atoms with Gasteiger partial charge in [-0.25, -0.2) is 19.6 Å². The maximum Gasteiger partial charge on any atom is 0.416 e. The second-order valence-electron chi connectivity index (χ2n) is 16.3. The molecule has 2 aromatic rings. The number of nitrogens with zero attached hydrogens (tertiary/aromatic N) is 4. The van der Waals surface area contributed by atoms with Crippen molar-refractivity contribution in [3.8, 4) is 0 Å². The van der Waals surface area contributed by atoms with Crippen molar-refractivity contribution in [3.05, 3.63) is 46.2 Å². The van der Waals surface area contributed by atoms with Crippen LogP contribution in [0.1, 0.15) is 99.3 Å². The quantitative estimate of drug-likeness (QED) is 0.249. The van der Waals surface area contributed by atoms with Crippen molar-refractivity contribution in [1.29, 1.82) is 0 Å². The zero-order valence-corrected chi connectivity index (χ0v) is 32.1. The first-order valence-electron chi connectivity index (χ1n) is 17.1. The molecular formula is C37H55BrN4O6. The molecule has 3 atom stereocenters. The second-order valence-corrected chi connectivity index (χ2v) is 17.1. The van der Waals surface area contributed by atoms with E-state index in [4.69, 9.17) is 23.9 Å². The minimum Gasteiger partial charge on any atom is -0.443 e. The predicted octanol–water partition coefficient (Wildman–Crippen LogP) is 8.66. The molecule has 0 N–H and O–H groups in total. The molecule has 11 heteroatoms. The van der Waals surface area contributed by atoms with Crippen LogP contribution in [0.4, 0.5) is 21.2 Å². The Morgan fingerprint density at radius 1 is 0.854 bits per heavy atom. The minimum atomic E-state index is -0.654. The van der Waals surface area contributed by atoms with E-state index in [2.05, 4.69) is 41.7 Å². The lowest BCUT2D eigenvalue weighted by molar-refractivity contribution is -0.0832. The summed E-state index contributed by atoms with van der Waals surface area (Å²) in [5.41, 5.74) is -0.237. The molecule has 4 rings (SSSR count). The van der Waals surface area contributed by atoms with Crippen LogP contribution < -0.4 is 9.80 Å². The second kappa shape index (κ2) is 15.0. The van der Waals surface area contributed by atoms with E-state index in [-0.39, 0.29) is 17.4 Å². The molecule has 0 saturated carbocycles. The lowest BCUT2D eigenvalue weighted by Gasteiger charge is -2.40. The topological polar surface area (TPSA) is 103 Å². The van der Waals surface area contributed by atoms with Gasteiger partial charge in [0.05, 0.1) is 11.2 Å². The van der Waals surface area contributed by atoms with E-state index in [9.17, 15) is 9.59 Å². The Morgan fingerprint density at radius 3 is 1.98 bits per heavy atom. The van der Waals surface area contributed by atoms with E-state index in [0.29, 0.717) is 49.0 Å². The first-order valence-corrected chi connectivity index (χ1v) is 17.9. The van der Waals surface area contributed by atoms with Crippen LogP contribution in [0.2, 0.25) is 0 Å². The van der Waals surface area contributed by atoms with Crippen LogP contribution in [-0.2, 0) is 25.4 Å². The van der Waals surface area contributed by atoms with Crippen LogP contribution in [0.5, 0.6) is 0 Å². The molecule has 2 saturated heterocycles. The maximum absolute atomic E-state index is 13.6. The Hall–Kier alpha value is -2.76. The number of carbonyl (C=O) groups excluding carboxylic acids is 2. The van der Waals surface area contributed by atoms with Crippen molar-refractivity contribution in [2.75, 3.05) is 36.1 Å². The third-order valence-electron chi connectivity index (χ3n) is 8.45. The zero-order valence-electron chi connectivity index (χ0n) is 30.5. The molecule has 2 fully saturated rings. The van der Waals surface area contributed by atoms with Crippen LogP contribution in [-0.4, -0.2) is 70.9 Å². The summed E-state index contributed by atoms with van der Waals surface area (Å²) in [7, 11) is 0. The van der Waals surface area contributed by atoms with Crippen molar-refractivity contribution in [2.24, 2.45) is 11.8 Å². The summed E-state index contributed by atoms with van der Waals surface area (Å²) < 4.78 is 24.7. The van der Waals surface area contributed by atoms with Gasteiger partial charge in [0, 0.05) is 38.4 Å². The molecule has 0 radical (unpaired) electrons. The number of pyridine rings is 2. The van der Waals surface area contributed by atoms with Crippen molar-refractivity contribution in [3.63, 3.8) is 0 Å². The highest BCUT2D eigenvalue weighted by molar-refractivity contribution is 9.10. The average Bonchev–Trinajstić information content (AvgIpc) is 2.91. The minimum absolute atomic E-state index is 0.151. The number of rotatable bonds is 8. The monoisotopic (exact) mass is 730 g/mol. The van der Waals surface area contributed by atoms with Gasteiger partial charge in [-0.15, -0.1) is 0 Å². The number of ether oxygens (including phenoxy) is 4. The lowest BCUT2D eigenvalue weighted by Crippen LogP contribution is -2.45. The number of amides is 2. The van der Waals surface area contributed by atoms with Crippen LogP contribution in [0.25, 0.3) is 0 Å². The molecule has 10 nitrogen and oxygen atoms in total. The molecule has 48 heavy (non-hydrogen) atoms. The Kier molecular flexibility index (Phi) is 11.9. The van der Waals surface area contributed by atoms with Gasteiger partial charge in [0.25, 0.3) is 0 Å². The van der Waals surface area contributed by atoms with E-state index in [1.54, 1.807) is 9.80 Å². The van der Waals surface area contributed by atoms with Crippen molar-refractivity contribution in [1.82, 2.24) is 9.97 Å². The normalized spacial score (nSPS) is 22.9. The Bertz CT molecular complexity index is 1440. The van der Waals surface area contributed by atoms with Crippen LogP contribution in [0, 0.1) is 18.8 Å². The summed E-state index contributed by atoms with van der Waals surface area (Å²) in [5, 5.41) is 0. The van der Waals surface area contributed by atoms with Gasteiger partial charge in [-0.2, -0.15) is 0 Å². The number of anilines is 2. The van der Waals surface area contributed by atoms with Gasteiger partial charge in [0.1, 0.15) is 27.4 Å². The highest BCUT2D eigenvalue weighted by Crippen LogP contribution is 2.36. The van der Waals surface area contributed by atoms with Crippen LogP contribution in [0.3, 0.4) is 0 Å². The maximum atomic E-state index is 13.6. The molecule has 2 aromatic heterocycles. The highest BCUT2D eigenvalue weighted by atomic mass is 79.9. The lowest BCUT2D eigenvalue weighted by atomic mass is 9.83. The van der Waals surface area contributed by atoms with Crippen molar-refractivity contribution < 1.29 is 28.5 Å².